The predicted octanol–water partition coefficient (Wildman–Crippen LogP) is 4.38. The number of unbranched alkanes of at least 4 members (excludes halogenated alkanes) is 1. The van der Waals surface area contributed by atoms with E-state index >= 15 is 0 Å². The van der Waals surface area contributed by atoms with E-state index in [2.05, 4.69) is 25.7 Å². The number of nitrogens with zero attached hydrogens (tertiary/aromatic N) is 1. The van der Waals surface area contributed by atoms with E-state index in [-0.39, 0.29) is 0 Å². The molecule has 0 amide bonds. The molecule has 0 spiro atoms. The maximum atomic E-state index is 6.39. The summed E-state index contributed by atoms with van der Waals surface area (Å²) in [6, 6.07) is 6.31. The molecule has 4 heteroatoms. The van der Waals surface area contributed by atoms with Gasteiger partial charge in [-0.2, -0.15) is 0 Å². The van der Waals surface area contributed by atoms with Crippen LogP contribution in [0.1, 0.15) is 45.6 Å². The molecular weight excluding hydrogens is 276 g/mol. The molecular formula is C15H23ClN2S. The molecule has 1 unspecified atom stereocenters. The topological polar surface area (TPSA) is 29.3 Å². The number of anilines is 1. The van der Waals surface area contributed by atoms with Crippen LogP contribution in [-0.4, -0.2) is 17.6 Å². The summed E-state index contributed by atoms with van der Waals surface area (Å²) < 4.78 is 0. The smallest absolute Gasteiger partial charge is 0.104 e. The Bertz CT molecular complexity index is 434. The number of benzene rings is 1. The number of halogens is 1. The lowest BCUT2D eigenvalue weighted by molar-refractivity contribution is 0.596. The minimum absolute atomic E-state index is 0.386. The van der Waals surface area contributed by atoms with Crippen LogP contribution in [0.4, 0.5) is 5.69 Å². The molecule has 106 valence electrons. The molecule has 0 heterocycles. The highest BCUT2D eigenvalue weighted by Crippen LogP contribution is 2.29. The van der Waals surface area contributed by atoms with Crippen molar-refractivity contribution in [1.29, 1.82) is 0 Å². The van der Waals surface area contributed by atoms with E-state index in [9.17, 15) is 0 Å². The standard InChI is InChI=1S/C15H23ClN2S/c1-4-6-9-18(11(3)5-2)14-8-7-12(15(17)19)10-13(14)16/h7-8,10-11H,4-6,9H2,1-3H3,(H2,17,19). The molecule has 0 saturated carbocycles. The molecule has 2 N–H and O–H groups in total. The second kappa shape index (κ2) is 7.71. The second-order valence-electron chi connectivity index (χ2n) is 4.83. The first-order valence-electron chi connectivity index (χ1n) is 6.87. The number of hydrogen-bond acceptors (Lipinski definition) is 2. The molecule has 0 saturated heterocycles. The monoisotopic (exact) mass is 298 g/mol. The fourth-order valence-electron chi connectivity index (χ4n) is 2.02. The Labute approximate surface area is 126 Å². The van der Waals surface area contributed by atoms with Crippen molar-refractivity contribution >= 4 is 34.5 Å². The first-order chi connectivity index (χ1) is 9.01. The molecule has 0 aromatic heterocycles. The van der Waals surface area contributed by atoms with Crippen molar-refractivity contribution in [2.24, 2.45) is 5.73 Å². The van der Waals surface area contributed by atoms with Crippen LogP contribution < -0.4 is 10.6 Å². The van der Waals surface area contributed by atoms with Gasteiger partial charge in [0.15, 0.2) is 0 Å². The molecule has 0 bridgehead atoms. The molecule has 0 aliphatic heterocycles. The van der Waals surface area contributed by atoms with Crippen LogP contribution >= 0.6 is 23.8 Å². The van der Waals surface area contributed by atoms with Crippen molar-refractivity contribution < 1.29 is 0 Å². The zero-order valence-corrected chi connectivity index (χ0v) is 13.5. The molecule has 1 aromatic rings. The van der Waals surface area contributed by atoms with Gasteiger partial charge in [0.2, 0.25) is 0 Å². The van der Waals surface area contributed by atoms with Gasteiger partial charge in [0.1, 0.15) is 4.99 Å². The van der Waals surface area contributed by atoms with Crippen LogP contribution in [0.3, 0.4) is 0 Å². The third kappa shape index (κ3) is 4.36. The van der Waals surface area contributed by atoms with Gasteiger partial charge < -0.3 is 10.6 Å². The first-order valence-corrected chi connectivity index (χ1v) is 7.65. The second-order valence-corrected chi connectivity index (χ2v) is 5.68. The average Bonchev–Trinajstić information content (AvgIpc) is 2.39. The summed E-state index contributed by atoms with van der Waals surface area (Å²) in [6.07, 6.45) is 3.43. The summed E-state index contributed by atoms with van der Waals surface area (Å²) in [5, 5.41) is 0.724. The zero-order chi connectivity index (χ0) is 14.4. The Balaban J connectivity index is 3.04. The highest BCUT2D eigenvalue weighted by Gasteiger charge is 2.16. The van der Waals surface area contributed by atoms with E-state index in [4.69, 9.17) is 29.6 Å². The van der Waals surface area contributed by atoms with Crippen molar-refractivity contribution in [3.63, 3.8) is 0 Å². The number of rotatable bonds is 7. The molecule has 0 radical (unpaired) electrons. The van der Waals surface area contributed by atoms with Crippen LogP contribution in [-0.2, 0) is 0 Å². The van der Waals surface area contributed by atoms with E-state index in [0.717, 1.165) is 35.7 Å². The third-order valence-electron chi connectivity index (χ3n) is 3.42. The highest BCUT2D eigenvalue weighted by atomic mass is 35.5. The molecule has 1 aromatic carbocycles. The lowest BCUT2D eigenvalue weighted by atomic mass is 10.1. The predicted molar refractivity (Wildman–Crippen MR) is 89.3 cm³/mol. The first kappa shape index (κ1) is 16.3. The summed E-state index contributed by atoms with van der Waals surface area (Å²) in [5.41, 5.74) is 7.53. The quantitative estimate of drug-likeness (QED) is 0.758. The van der Waals surface area contributed by atoms with Crippen LogP contribution in [0.2, 0.25) is 5.02 Å². The molecule has 19 heavy (non-hydrogen) atoms. The van der Waals surface area contributed by atoms with Crippen molar-refractivity contribution in [2.45, 2.75) is 46.1 Å². The van der Waals surface area contributed by atoms with Gasteiger partial charge in [0.25, 0.3) is 0 Å². The normalized spacial score (nSPS) is 12.2. The summed E-state index contributed by atoms with van der Waals surface area (Å²) in [6.45, 7) is 7.65. The number of hydrogen-bond donors (Lipinski definition) is 1. The lowest BCUT2D eigenvalue weighted by Crippen LogP contribution is -2.33. The molecule has 2 nitrogen and oxygen atoms in total. The summed E-state index contributed by atoms with van der Waals surface area (Å²) in [5.74, 6) is 0. The van der Waals surface area contributed by atoms with Gasteiger partial charge in [0, 0.05) is 18.2 Å². The van der Waals surface area contributed by atoms with Gasteiger partial charge in [-0.3, -0.25) is 0 Å². The van der Waals surface area contributed by atoms with Gasteiger partial charge in [-0.05, 0) is 38.0 Å². The van der Waals surface area contributed by atoms with Gasteiger partial charge in [-0.1, -0.05) is 44.1 Å². The maximum absolute atomic E-state index is 6.39. The fraction of sp³-hybridized carbons (Fsp3) is 0.533. The Morgan fingerprint density at radius 1 is 1.42 bits per heavy atom. The van der Waals surface area contributed by atoms with E-state index in [1.165, 1.54) is 6.42 Å². The molecule has 0 aliphatic rings. The molecule has 0 fully saturated rings. The maximum Gasteiger partial charge on any atom is 0.104 e. The van der Waals surface area contributed by atoms with Crippen molar-refractivity contribution in [3.05, 3.63) is 28.8 Å². The largest absolute Gasteiger partial charge is 0.389 e. The SMILES string of the molecule is CCCCN(c1ccc(C(N)=S)cc1Cl)C(C)CC. The fourth-order valence-corrected chi connectivity index (χ4v) is 2.44. The van der Waals surface area contributed by atoms with E-state index in [0.29, 0.717) is 11.0 Å². The van der Waals surface area contributed by atoms with Gasteiger partial charge in [0.05, 0.1) is 10.7 Å². The summed E-state index contributed by atoms with van der Waals surface area (Å²) >= 11 is 11.4. The summed E-state index contributed by atoms with van der Waals surface area (Å²) in [7, 11) is 0. The van der Waals surface area contributed by atoms with E-state index in [1.54, 1.807) is 0 Å². The van der Waals surface area contributed by atoms with Crippen molar-refractivity contribution in [3.8, 4) is 0 Å². The zero-order valence-electron chi connectivity index (χ0n) is 11.9. The van der Waals surface area contributed by atoms with Gasteiger partial charge >= 0.3 is 0 Å². The van der Waals surface area contributed by atoms with Crippen molar-refractivity contribution in [2.75, 3.05) is 11.4 Å². The Morgan fingerprint density at radius 3 is 2.58 bits per heavy atom. The number of thiocarbonyl (C=S) groups is 1. The molecule has 1 atom stereocenters. The van der Waals surface area contributed by atoms with E-state index < -0.39 is 0 Å². The van der Waals surface area contributed by atoms with Gasteiger partial charge in [-0.15, -0.1) is 0 Å². The highest BCUT2D eigenvalue weighted by molar-refractivity contribution is 7.80. The van der Waals surface area contributed by atoms with Crippen molar-refractivity contribution in [1.82, 2.24) is 0 Å². The molecule has 0 aliphatic carbocycles. The Kier molecular flexibility index (Phi) is 6.59. The lowest BCUT2D eigenvalue weighted by Gasteiger charge is -2.31. The minimum Gasteiger partial charge on any atom is -0.389 e. The van der Waals surface area contributed by atoms with Crippen LogP contribution in [0, 0.1) is 0 Å². The van der Waals surface area contributed by atoms with Crippen LogP contribution in [0.5, 0.6) is 0 Å². The average molecular weight is 299 g/mol. The Hall–Kier alpha value is -0.800. The third-order valence-corrected chi connectivity index (χ3v) is 3.96. The van der Waals surface area contributed by atoms with Gasteiger partial charge in [-0.25, -0.2) is 0 Å². The van der Waals surface area contributed by atoms with Crippen LogP contribution in [0.15, 0.2) is 18.2 Å². The molecule has 1 rings (SSSR count). The van der Waals surface area contributed by atoms with Crippen LogP contribution in [0.25, 0.3) is 0 Å². The van der Waals surface area contributed by atoms with E-state index in [1.807, 2.05) is 18.2 Å². The minimum atomic E-state index is 0.386. The summed E-state index contributed by atoms with van der Waals surface area (Å²) in [4.78, 5) is 2.76. The Morgan fingerprint density at radius 2 is 2.11 bits per heavy atom. The number of nitrogens with two attached hydrogens (primary N) is 1.